The van der Waals surface area contributed by atoms with E-state index in [0.717, 1.165) is 6.92 Å². The Hall–Kier alpha value is -0.630. The van der Waals surface area contributed by atoms with E-state index in [0.29, 0.717) is 6.07 Å². The van der Waals surface area contributed by atoms with Gasteiger partial charge in [-0.25, -0.2) is 0 Å². The summed E-state index contributed by atoms with van der Waals surface area (Å²) in [4.78, 5) is -2.10. The summed E-state index contributed by atoms with van der Waals surface area (Å²) in [6.45, 7) is 0.985. The van der Waals surface area contributed by atoms with Gasteiger partial charge in [0, 0.05) is 10.7 Å². The molecule has 0 aromatic heterocycles. The van der Waals surface area contributed by atoms with Crippen LogP contribution in [-0.2, 0) is 6.18 Å². The van der Waals surface area contributed by atoms with Crippen LogP contribution in [0, 0.1) is 6.92 Å². The van der Waals surface area contributed by atoms with E-state index in [4.69, 9.17) is 0 Å². The largest absolute Gasteiger partial charge is 0.416 e. The Labute approximate surface area is 96.3 Å². The number of halogens is 8. The van der Waals surface area contributed by atoms with Gasteiger partial charge in [0.05, 0.1) is 10.5 Å². The fourth-order valence-corrected chi connectivity index (χ4v) is 2.16. The molecule has 0 heterocycles. The van der Waals surface area contributed by atoms with E-state index in [9.17, 15) is 28.7 Å². The van der Waals surface area contributed by atoms with E-state index in [1.54, 1.807) is 0 Å². The van der Waals surface area contributed by atoms with Crippen molar-refractivity contribution in [2.75, 3.05) is 0 Å². The van der Waals surface area contributed by atoms with Crippen molar-refractivity contribution in [3.8, 4) is 0 Å². The Morgan fingerprint density at radius 1 is 1.00 bits per heavy atom. The molecule has 0 saturated heterocycles. The first-order valence-corrected chi connectivity index (χ1v) is 6.90. The van der Waals surface area contributed by atoms with Gasteiger partial charge in [-0.15, -0.1) is 15.5 Å². The van der Waals surface area contributed by atoms with E-state index in [1.165, 1.54) is 0 Å². The number of rotatable bonds is 1. The lowest BCUT2D eigenvalue weighted by molar-refractivity contribution is -0.137. The second-order valence-corrected chi connectivity index (χ2v) is 7.77. The highest BCUT2D eigenvalue weighted by Gasteiger charge is 2.63. The Balaban J connectivity index is 3.57. The summed E-state index contributed by atoms with van der Waals surface area (Å²) in [6.07, 6.45) is -5.00. The standard InChI is InChI=1S/C8H6ClF7S/c1-5-2-6(8(10,11)12)4-7(3-5)17(9,13,14,15)16/h2-4H,1H3. The van der Waals surface area contributed by atoms with Crippen LogP contribution < -0.4 is 0 Å². The van der Waals surface area contributed by atoms with Gasteiger partial charge in [0.1, 0.15) is 0 Å². The van der Waals surface area contributed by atoms with Crippen molar-refractivity contribution in [3.05, 3.63) is 29.3 Å². The molecule has 0 bridgehead atoms. The summed E-state index contributed by atoms with van der Waals surface area (Å²) in [5.74, 6) is 0. The highest BCUT2D eigenvalue weighted by Crippen LogP contribution is 3.04. The summed E-state index contributed by atoms with van der Waals surface area (Å²) in [5, 5.41) is 0. The molecule has 0 aliphatic rings. The van der Waals surface area contributed by atoms with Crippen LogP contribution in [0.4, 0.5) is 28.7 Å². The van der Waals surface area contributed by atoms with Crippen LogP contribution in [0.2, 0.25) is 0 Å². The molecule has 0 N–H and O–H groups in total. The highest BCUT2D eigenvalue weighted by atomic mass is 35.7. The minimum Gasteiger partial charge on any atom is -0.166 e. The van der Waals surface area contributed by atoms with Gasteiger partial charge >= 0.3 is 6.18 Å². The Morgan fingerprint density at radius 2 is 1.47 bits per heavy atom. The number of hydrogen-bond donors (Lipinski definition) is 0. The number of aryl methyl sites for hydroxylation is 1. The van der Waals surface area contributed by atoms with Gasteiger partial charge in [-0.05, 0) is 30.7 Å². The highest BCUT2D eigenvalue weighted by molar-refractivity contribution is 8.65. The molecule has 0 nitrogen and oxygen atoms in total. The number of hydrogen-bond acceptors (Lipinski definition) is 0. The van der Waals surface area contributed by atoms with Gasteiger partial charge in [0.25, 0.3) is 9.05 Å². The van der Waals surface area contributed by atoms with Gasteiger partial charge in [0.2, 0.25) is 0 Å². The van der Waals surface area contributed by atoms with Crippen LogP contribution in [0.1, 0.15) is 11.1 Å². The quantitative estimate of drug-likeness (QED) is 0.563. The Kier molecular flexibility index (Phi) is 2.57. The zero-order valence-corrected chi connectivity index (χ0v) is 9.74. The average Bonchev–Trinajstić information content (AvgIpc) is 1.96. The third kappa shape index (κ3) is 3.67. The molecule has 0 spiro atoms. The molecule has 0 aliphatic heterocycles. The minimum absolute atomic E-state index is 0.240. The molecular weight excluding hydrogens is 297 g/mol. The molecule has 0 radical (unpaired) electrons. The maximum Gasteiger partial charge on any atom is 0.416 e. The van der Waals surface area contributed by atoms with Crippen LogP contribution in [0.3, 0.4) is 0 Å². The van der Waals surface area contributed by atoms with Crippen LogP contribution >= 0.6 is 19.7 Å². The van der Waals surface area contributed by atoms with E-state index in [-0.39, 0.29) is 17.7 Å². The third-order valence-corrected chi connectivity index (χ3v) is 3.48. The van der Waals surface area contributed by atoms with Gasteiger partial charge in [-0.2, -0.15) is 13.2 Å². The van der Waals surface area contributed by atoms with E-state index in [2.05, 4.69) is 10.7 Å². The lowest BCUT2D eigenvalue weighted by atomic mass is 10.1. The minimum atomic E-state index is -9.11. The van der Waals surface area contributed by atoms with Gasteiger partial charge < -0.3 is 0 Å². The van der Waals surface area contributed by atoms with Crippen molar-refractivity contribution in [1.29, 1.82) is 0 Å². The second-order valence-electron chi connectivity index (χ2n) is 3.50. The van der Waals surface area contributed by atoms with Crippen molar-refractivity contribution < 1.29 is 28.7 Å². The topological polar surface area (TPSA) is 0 Å². The van der Waals surface area contributed by atoms with Crippen molar-refractivity contribution in [2.45, 2.75) is 18.0 Å². The van der Waals surface area contributed by atoms with Crippen molar-refractivity contribution in [2.24, 2.45) is 0 Å². The van der Waals surface area contributed by atoms with Crippen LogP contribution in [0.25, 0.3) is 0 Å². The predicted molar refractivity (Wildman–Crippen MR) is 52.3 cm³/mol. The van der Waals surface area contributed by atoms with Crippen molar-refractivity contribution in [3.63, 3.8) is 0 Å². The molecular formula is C8H6ClF7S. The molecule has 1 rings (SSSR count). The first-order chi connectivity index (χ1) is 7.09. The fourth-order valence-electron chi connectivity index (χ4n) is 1.13. The summed E-state index contributed by atoms with van der Waals surface area (Å²) < 4.78 is 87.8. The van der Waals surface area contributed by atoms with E-state index >= 15 is 0 Å². The maximum atomic E-state index is 12.8. The number of benzene rings is 1. The van der Waals surface area contributed by atoms with E-state index in [1.807, 2.05) is 0 Å². The zero-order chi connectivity index (χ0) is 13.8. The van der Waals surface area contributed by atoms with Crippen molar-refractivity contribution in [1.82, 2.24) is 0 Å². The smallest absolute Gasteiger partial charge is 0.166 e. The molecule has 0 saturated carbocycles. The molecule has 100 valence electrons. The van der Waals surface area contributed by atoms with Gasteiger partial charge in [-0.1, -0.05) is 0 Å². The lowest BCUT2D eigenvalue weighted by Gasteiger charge is -2.43. The Bertz CT molecular complexity index is 458. The van der Waals surface area contributed by atoms with Gasteiger partial charge in [0.15, 0.2) is 0 Å². The van der Waals surface area contributed by atoms with Crippen LogP contribution in [-0.4, -0.2) is 0 Å². The molecule has 9 heteroatoms. The summed E-state index contributed by atoms with van der Waals surface area (Å²) in [6, 6.07) is 0.384. The zero-order valence-electron chi connectivity index (χ0n) is 8.16. The molecule has 1 aromatic carbocycles. The normalized spacial score (nSPS) is 17.5. The fraction of sp³-hybridized carbons (Fsp3) is 0.250. The second kappa shape index (κ2) is 3.03. The first-order valence-electron chi connectivity index (χ1n) is 4.02. The summed E-state index contributed by atoms with van der Waals surface area (Å²) >= 11 is 0. The monoisotopic (exact) mass is 302 g/mol. The van der Waals surface area contributed by atoms with Gasteiger partial charge in [-0.3, -0.25) is 0 Å². The molecule has 0 fully saturated rings. The van der Waals surface area contributed by atoms with Crippen LogP contribution in [0.5, 0.6) is 0 Å². The molecule has 1 aromatic rings. The third-order valence-electron chi connectivity index (χ3n) is 1.82. The Morgan fingerprint density at radius 3 is 1.82 bits per heavy atom. The average molecular weight is 303 g/mol. The van der Waals surface area contributed by atoms with E-state index < -0.39 is 25.7 Å². The summed E-state index contributed by atoms with van der Waals surface area (Å²) in [7, 11) is -5.16. The molecule has 0 unspecified atom stereocenters. The SMILES string of the molecule is Cc1cc(C(F)(F)F)cc(S(F)(F)(F)(F)Cl)c1. The first kappa shape index (κ1) is 14.4. The molecule has 0 amide bonds. The maximum absolute atomic E-state index is 12.8. The molecule has 17 heavy (non-hydrogen) atoms. The van der Waals surface area contributed by atoms with Crippen LogP contribution in [0.15, 0.2) is 23.1 Å². The van der Waals surface area contributed by atoms with Crippen molar-refractivity contribution >= 4 is 19.7 Å². The molecule has 0 atom stereocenters. The number of alkyl halides is 3. The summed E-state index contributed by atoms with van der Waals surface area (Å²) in [5.41, 5.74) is -1.98. The lowest BCUT2D eigenvalue weighted by Crippen LogP contribution is -2.10. The molecule has 0 aliphatic carbocycles. The predicted octanol–water partition coefficient (Wildman–Crippen LogP) is 5.94.